The molecule has 0 aliphatic carbocycles. The highest BCUT2D eigenvalue weighted by Gasteiger charge is 2.23. The number of carbonyl (C=O) groups excluding carboxylic acids is 3. The number of nitrogens with two attached hydrogens (primary N) is 1. The molecule has 0 aliphatic heterocycles. The van der Waals surface area contributed by atoms with Crippen molar-refractivity contribution in [2.24, 2.45) is 5.73 Å². The molecule has 0 aliphatic rings. The van der Waals surface area contributed by atoms with Crippen molar-refractivity contribution in [1.82, 2.24) is 10.3 Å². The molecule has 0 saturated carbocycles. The second-order valence-corrected chi connectivity index (χ2v) is 5.84. The van der Waals surface area contributed by atoms with Crippen LogP contribution < -0.4 is 11.1 Å². The minimum atomic E-state index is -1.19. The van der Waals surface area contributed by atoms with Gasteiger partial charge in [0.05, 0.1) is 5.69 Å². The molecule has 0 unspecified atom stereocenters. The summed E-state index contributed by atoms with van der Waals surface area (Å²) in [5, 5.41) is 2.35. The van der Waals surface area contributed by atoms with Crippen LogP contribution in [0.1, 0.15) is 22.3 Å². The lowest BCUT2D eigenvalue weighted by Gasteiger charge is -2.11. The van der Waals surface area contributed by atoms with E-state index in [2.05, 4.69) is 4.98 Å². The molecule has 1 heterocycles. The Labute approximate surface area is 140 Å². The molecule has 0 saturated heterocycles. The van der Waals surface area contributed by atoms with Crippen LogP contribution in [-0.4, -0.2) is 29.0 Å². The Morgan fingerprint density at radius 2 is 1.92 bits per heavy atom. The summed E-state index contributed by atoms with van der Waals surface area (Å²) in [6, 6.07) is 4.65. The predicted octanol–water partition coefficient (Wildman–Crippen LogP) is 2.00. The number of imide groups is 1. The summed E-state index contributed by atoms with van der Waals surface area (Å²) < 4.78 is 18.0. The average Bonchev–Trinajstić information content (AvgIpc) is 2.89. The minimum Gasteiger partial charge on any atom is -0.448 e. The maximum Gasteiger partial charge on any atom is 0.351 e. The first-order valence-corrected chi connectivity index (χ1v) is 7.64. The van der Waals surface area contributed by atoms with E-state index in [9.17, 15) is 18.8 Å². The summed E-state index contributed by atoms with van der Waals surface area (Å²) in [7, 11) is 0. The van der Waals surface area contributed by atoms with Gasteiger partial charge in [0.1, 0.15) is 15.7 Å². The second-order valence-electron chi connectivity index (χ2n) is 4.84. The lowest BCUT2D eigenvalue weighted by atomic mass is 10.2. The quantitative estimate of drug-likeness (QED) is 0.818. The van der Waals surface area contributed by atoms with E-state index in [0.717, 1.165) is 11.3 Å². The fraction of sp³-hybridized carbons (Fsp3) is 0.200. The molecule has 3 amide bonds. The minimum absolute atomic E-state index is 0.216. The highest BCUT2D eigenvalue weighted by molar-refractivity contribution is 7.17. The zero-order valence-corrected chi connectivity index (χ0v) is 13.6. The fourth-order valence-electron chi connectivity index (χ4n) is 1.79. The lowest BCUT2D eigenvalue weighted by molar-refractivity contribution is -0.127. The second kappa shape index (κ2) is 7.18. The normalized spacial score (nSPS) is 11.6. The number of nitrogens with one attached hydrogen (secondary N) is 1. The molecule has 9 heteroatoms. The Morgan fingerprint density at radius 1 is 1.29 bits per heavy atom. The first-order chi connectivity index (χ1) is 11.3. The Hall–Kier alpha value is -2.81. The highest BCUT2D eigenvalue weighted by atomic mass is 32.1. The van der Waals surface area contributed by atoms with Gasteiger partial charge in [-0.15, -0.1) is 11.3 Å². The van der Waals surface area contributed by atoms with Crippen LogP contribution in [0.5, 0.6) is 0 Å². The standard InChI is InChI=1S/C15H14FN3O4S/c1-7-11(14(21)23-8(2)12(20)19-15(17)22)24-13(18-7)9-3-5-10(16)6-4-9/h3-6,8H,1-2H3,(H3,17,19,20,22)/t8-/m0/s1. The largest absolute Gasteiger partial charge is 0.448 e. The molecule has 0 bridgehead atoms. The van der Waals surface area contributed by atoms with E-state index in [1.165, 1.54) is 19.1 Å². The van der Waals surface area contributed by atoms with E-state index in [4.69, 9.17) is 10.5 Å². The molecule has 2 aromatic rings. The number of benzene rings is 1. The monoisotopic (exact) mass is 351 g/mol. The molecule has 0 radical (unpaired) electrons. The van der Waals surface area contributed by atoms with E-state index in [0.29, 0.717) is 16.3 Å². The molecule has 2 rings (SSSR count). The van der Waals surface area contributed by atoms with Crippen LogP contribution in [0.4, 0.5) is 9.18 Å². The van der Waals surface area contributed by atoms with Crippen molar-refractivity contribution in [2.45, 2.75) is 20.0 Å². The van der Waals surface area contributed by atoms with Crippen LogP contribution in [0.3, 0.4) is 0 Å². The molecular formula is C15H14FN3O4S. The average molecular weight is 351 g/mol. The van der Waals surface area contributed by atoms with Gasteiger partial charge in [-0.05, 0) is 38.1 Å². The summed E-state index contributed by atoms with van der Waals surface area (Å²) in [4.78, 5) is 38.8. The van der Waals surface area contributed by atoms with Gasteiger partial charge in [-0.2, -0.15) is 0 Å². The summed E-state index contributed by atoms with van der Waals surface area (Å²) in [6.45, 7) is 2.93. The number of carbonyl (C=O) groups is 3. The third-order valence-corrected chi connectivity index (χ3v) is 4.16. The Balaban J connectivity index is 2.14. The number of hydrogen-bond acceptors (Lipinski definition) is 6. The van der Waals surface area contributed by atoms with E-state index in [1.54, 1.807) is 19.1 Å². The van der Waals surface area contributed by atoms with Crippen molar-refractivity contribution in [3.05, 3.63) is 40.7 Å². The predicted molar refractivity (Wildman–Crippen MR) is 84.8 cm³/mol. The van der Waals surface area contributed by atoms with E-state index in [-0.39, 0.29) is 10.7 Å². The van der Waals surface area contributed by atoms with Gasteiger partial charge in [-0.25, -0.2) is 19.0 Å². The number of amides is 3. The van der Waals surface area contributed by atoms with Crippen LogP contribution in [0, 0.1) is 12.7 Å². The zero-order valence-electron chi connectivity index (χ0n) is 12.8. The van der Waals surface area contributed by atoms with Crippen molar-refractivity contribution in [2.75, 3.05) is 0 Å². The maximum absolute atomic E-state index is 13.0. The first kappa shape index (κ1) is 17.5. The number of ether oxygens (including phenoxy) is 1. The van der Waals surface area contributed by atoms with Crippen LogP contribution in [0.2, 0.25) is 0 Å². The molecule has 0 fully saturated rings. The number of urea groups is 1. The number of thiazole rings is 1. The van der Waals surface area contributed by atoms with Gasteiger partial charge in [0.15, 0.2) is 6.10 Å². The summed E-state index contributed by atoms with van der Waals surface area (Å²) in [5.74, 6) is -1.94. The SMILES string of the molecule is Cc1nc(-c2ccc(F)cc2)sc1C(=O)O[C@@H](C)C(=O)NC(N)=O. The number of aromatic nitrogens is 1. The van der Waals surface area contributed by atoms with E-state index in [1.807, 2.05) is 5.32 Å². The number of hydrogen-bond donors (Lipinski definition) is 2. The number of nitrogens with zero attached hydrogens (tertiary/aromatic N) is 1. The van der Waals surface area contributed by atoms with Crippen LogP contribution >= 0.6 is 11.3 Å². The third-order valence-electron chi connectivity index (χ3n) is 2.97. The molecule has 3 N–H and O–H groups in total. The lowest BCUT2D eigenvalue weighted by Crippen LogP contribution is -2.42. The molecule has 24 heavy (non-hydrogen) atoms. The van der Waals surface area contributed by atoms with Crippen molar-refractivity contribution in [3.63, 3.8) is 0 Å². The summed E-state index contributed by atoms with van der Waals surface area (Å²) >= 11 is 1.06. The van der Waals surface area contributed by atoms with E-state index >= 15 is 0 Å². The number of primary amides is 1. The maximum atomic E-state index is 13.0. The highest BCUT2D eigenvalue weighted by Crippen LogP contribution is 2.28. The zero-order chi connectivity index (χ0) is 17.9. The third kappa shape index (κ3) is 4.13. The molecule has 126 valence electrons. The van der Waals surface area contributed by atoms with Crippen LogP contribution in [0.15, 0.2) is 24.3 Å². The molecule has 0 spiro atoms. The molecule has 1 aromatic carbocycles. The van der Waals surface area contributed by atoms with Gasteiger partial charge < -0.3 is 10.5 Å². The van der Waals surface area contributed by atoms with Crippen molar-refractivity contribution >= 4 is 29.2 Å². The Bertz CT molecular complexity index is 789. The smallest absolute Gasteiger partial charge is 0.351 e. The summed E-state index contributed by atoms with van der Waals surface area (Å²) in [6.07, 6.45) is -1.19. The van der Waals surface area contributed by atoms with Gasteiger partial charge >= 0.3 is 12.0 Å². The number of halogens is 1. The summed E-state index contributed by atoms with van der Waals surface area (Å²) in [5.41, 5.74) is 5.91. The fourth-order valence-corrected chi connectivity index (χ4v) is 2.75. The van der Waals surface area contributed by atoms with Gasteiger partial charge in [0.2, 0.25) is 0 Å². The van der Waals surface area contributed by atoms with Gasteiger partial charge in [0.25, 0.3) is 5.91 Å². The number of aryl methyl sites for hydroxylation is 1. The van der Waals surface area contributed by atoms with Crippen LogP contribution in [-0.2, 0) is 9.53 Å². The topological polar surface area (TPSA) is 111 Å². The molecule has 7 nitrogen and oxygen atoms in total. The first-order valence-electron chi connectivity index (χ1n) is 6.82. The Morgan fingerprint density at radius 3 is 2.50 bits per heavy atom. The van der Waals surface area contributed by atoms with Gasteiger partial charge in [0, 0.05) is 5.56 Å². The Kier molecular flexibility index (Phi) is 5.24. The van der Waals surface area contributed by atoms with Crippen molar-refractivity contribution in [3.8, 4) is 10.6 Å². The molecular weight excluding hydrogens is 337 g/mol. The van der Waals surface area contributed by atoms with Crippen LogP contribution in [0.25, 0.3) is 10.6 Å². The molecule has 1 atom stereocenters. The van der Waals surface area contributed by atoms with Crippen molar-refractivity contribution in [1.29, 1.82) is 0 Å². The van der Waals surface area contributed by atoms with Gasteiger partial charge in [-0.3, -0.25) is 10.1 Å². The van der Waals surface area contributed by atoms with E-state index < -0.39 is 24.0 Å². The number of esters is 1. The molecule has 1 aromatic heterocycles. The number of rotatable bonds is 4. The van der Waals surface area contributed by atoms with Gasteiger partial charge in [-0.1, -0.05) is 0 Å². The van der Waals surface area contributed by atoms with Crippen molar-refractivity contribution < 1.29 is 23.5 Å².